The molecule has 0 radical (unpaired) electrons. The fraction of sp³-hybridized carbons (Fsp3) is 0.273. The summed E-state index contributed by atoms with van der Waals surface area (Å²) < 4.78 is 46.3. The molecule has 0 fully saturated rings. The number of pyridine rings is 1. The normalized spacial score (nSPS) is 14.4. The van der Waals surface area contributed by atoms with E-state index in [1.54, 1.807) is 19.2 Å². The zero-order valence-corrected chi connectivity index (χ0v) is 18.1. The Labute approximate surface area is 179 Å². The van der Waals surface area contributed by atoms with E-state index in [9.17, 15) is 17.6 Å². The van der Waals surface area contributed by atoms with Crippen LogP contribution in [0.5, 0.6) is 0 Å². The third-order valence-electron chi connectivity index (χ3n) is 5.24. The van der Waals surface area contributed by atoms with Crippen LogP contribution in [0.2, 0.25) is 0 Å². The number of halogens is 1. The monoisotopic (exact) mass is 443 g/mol. The van der Waals surface area contributed by atoms with E-state index >= 15 is 0 Å². The van der Waals surface area contributed by atoms with Gasteiger partial charge in [0.25, 0.3) is 0 Å². The third kappa shape index (κ3) is 3.81. The summed E-state index contributed by atoms with van der Waals surface area (Å²) in [5.41, 5.74) is 3.46. The summed E-state index contributed by atoms with van der Waals surface area (Å²) in [4.78, 5) is 12.8. The number of ether oxygens (including phenoxy) is 1. The van der Waals surface area contributed by atoms with E-state index in [0.717, 1.165) is 11.8 Å². The first-order chi connectivity index (χ1) is 14.7. The topological polar surface area (TPSA) is 81.0 Å². The van der Waals surface area contributed by atoms with Crippen molar-refractivity contribution >= 4 is 32.8 Å². The molecule has 0 N–H and O–H groups in total. The second-order valence-electron chi connectivity index (χ2n) is 7.40. The molecule has 2 aromatic heterocycles. The molecule has 162 valence electrons. The number of fused-ring (bicyclic) bond motifs is 2. The van der Waals surface area contributed by atoms with Crippen molar-refractivity contribution in [3.63, 3.8) is 0 Å². The Morgan fingerprint density at radius 3 is 2.65 bits per heavy atom. The van der Waals surface area contributed by atoms with Gasteiger partial charge >= 0.3 is 5.97 Å². The van der Waals surface area contributed by atoms with Gasteiger partial charge in [0.15, 0.2) is 0 Å². The van der Waals surface area contributed by atoms with Gasteiger partial charge in [0.05, 0.1) is 30.3 Å². The summed E-state index contributed by atoms with van der Waals surface area (Å²) >= 11 is 0. The third-order valence-corrected chi connectivity index (χ3v) is 6.42. The van der Waals surface area contributed by atoms with Crippen molar-refractivity contribution in [2.75, 3.05) is 23.7 Å². The minimum Gasteiger partial charge on any atom is -0.462 e. The molecule has 3 heterocycles. The molecular weight excluding hydrogens is 421 g/mol. The number of nitrogens with zero attached hydrogens (tertiary/aromatic N) is 3. The van der Waals surface area contributed by atoms with Gasteiger partial charge in [-0.05, 0) is 55.7 Å². The zero-order valence-electron chi connectivity index (χ0n) is 17.3. The van der Waals surface area contributed by atoms with Crippen LogP contribution in [0.1, 0.15) is 35.7 Å². The molecule has 3 aromatic rings. The number of esters is 1. The Morgan fingerprint density at radius 1 is 1.29 bits per heavy atom. The van der Waals surface area contributed by atoms with Crippen molar-refractivity contribution in [3.05, 3.63) is 60.1 Å². The van der Waals surface area contributed by atoms with E-state index in [1.165, 1.54) is 33.1 Å². The average molecular weight is 444 g/mol. The van der Waals surface area contributed by atoms with Gasteiger partial charge in [0, 0.05) is 17.7 Å². The number of sulfonamides is 1. The molecule has 0 unspecified atom stereocenters. The molecule has 0 bridgehead atoms. The maximum Gasteiger partial charge on any atom is 0.342 e. The second kappa shape index (κ2) is 7.81. The number of carbonyl (C=O) groups is 1. The lowest BCUT2D eigenvalue weighted by Crippen LogP contribution is -2.30. The molecule has 0 saturated heterocycles. The van der Waals surface area contributed by atoms with E-state index in [0.29, 0.717) is 47.4 Å². The molecule has 4 rings (SSSR count). The largest absolute Gasteiger partial charge is 0.462 e. The molecular formula is C22H22FN3O4S. The number of carbonyl (C=O) groups excluding carboxylic acids is 1. The molecule has 1 aromatic carbocycles. The smallest absolute Gasteiger partial charge is 0.342 e. The molecule has 0 atom stereocenters. The Bertz CT molecular complexity index is 1300. The van der Waals surface area contributed by atoms with Gasteiger partial charge in [-0.3, -0.25) is 4.31 Å². The number of hydrogen-bond donors (Lipinski definition) is 0. The lowest BCUT2D eigenvalue weighted by Gasteiger charge is -2.22. The predicted molar refractivity (Wildman–Crippen MR) is 117 cm³/mol. The van der Waals surface area contributed by atoms with Crippen LogP contribution in [0.15, 0.2) is 43.1 Å². The molecule has 31 heavy (non-hydrogen) atoms. The van der Waals surface area contributed by atoms with Gasteiger partial charge in [-0.25, -0.2) is 22.1 Å². The highest BCUT2D eigenvalue weighted by atomic mass is 32.2. The lowest BCUT2D eigenvalue weighted by atomic mass is 10.0. The average Bonchev–Trinajstić information content (AvgIpc) is 2.99. The predicted octanol–water partition coefficient (Wildman–Crippen LogP) is 3.89. The van der Waals surface area contributed by atoms with E-state index < -0.39 is 21.8 Å². The van der Waals surface area contributed by atoms with Gasteiger partial charge in [0.1, 0.15) is 17.1 Å². The van der Waals surface area contributed by atoms with Gasteiger partial charge in [0.2, 0.25) is 10.0 Å². The number of rotatable bonds is 4. The van der Waals surface area contributed by atoms with E-state index in [1.807, 2.05) is 0 Å². The second-order valence-corrected chi connectivity index (χ2v) is 9.30. The summed E-state index contributed by atoms with van der Waals surface area (Å²) in [5.74, 6) is -0.965. The Kier molecular flexibility index (Phi) is 5.30. The summed E-state index contributed by atoms with van der Waals surface area (Å²) in [7, 11) is -3.52. The van der Waals surface area contributed by atoms with E-state index in [4.69, 9.17) is 4.74 Å². The molecule has 1 aliphatic rings. The van der Waals surface area contributed by atoms with Crippen molar-refractivity contribution in [2.45, 2.75) is 19.8 Å². The number of benzene rings is 1. The number of aromatic nitrogens is 2. The standard InChI is InChI=1S/C22H22FN3O4S/c1-4-30-22(27)20-18-12-17-14(2)6-5-11-26(31(3,28)29)19(17)13-25(18)24-21(20)15-7-9-16(23)10-8-15/h7-10,12-13H,2,4-6,11H2,1,3H3. The Hall–Kier alpha value is -3.20. The summed E-state index contributed by atoms with van der Waals surface area (Å²) in [6.07, 6.45) is 4.02. The van der Waals surface area contributed by atoms with Crippen LogP contribution in [-0.4, -0.2) is 43.4 Å². The fourth-order valence-corrected chi connectivity index (χ4v) is 4.78. The molecule has 1 aliphatic heterocycles. The van der Waals surface area contributed by atoms with Crippen molar-refractivity contribution in [1.82, 2.24) is 9.61 Å². The van der Waals surface area contributed by atoms with Gasteiger partial charge in [-0.1, -0.05) is 6.58 Å². The molecule has 7 nitrogen and oxygen atoms in total. The number of allylic oxidation sites excluding steroid dienone is 1. The van der Waals surface area contributed by atoms with Crippen LogP contribution < -0.4 is 4.31 Å². The van der Waals surface area contributed by atoms with Crippen molar-refractivity contribution in [2.24, 2.45) is 0 Å². The minimum atomic E-state index is -3.52. The van der Waals surface area contributed by atoms with Gasteiger partial charge in [-0.15, -0.1) is 0 Å². The lowest BCUT2D eigenvalue weighted by molar-refractivity contribution is 0.0529. The maximum absolute atomic E-state index is 13.4. The highest BCUT2D eigenvalue weighted by Crippen LogP contribution is 2.37. The van der Waals surface area contributed by atoms with Crippen molar-refractivity contribution < 1.29 is 22.3 Å². The summed E-state index contributed by atoms with van der Waals surface area (Å²) in [5, 5.41) is 4.54. The van der Waals surface area contributed by atoms with Gasteiger partial charge < -0.3 is 4.74 Å². The quantitative estimate of drug-likeness (QED) is 0.572. The highest BCUT2D eigenvalue weighted by molar-refractivity contribution is 7.92. The molecule has 0 aliphatic carbocycles. The fourth-order valence-electron chi connectivity index (χ4n) is 3.81. The first-order valence-corrected chi connectivity index (χ1v) is 11.7. The minimum absolute atomic E-state index is 0.179. The first-order valence-electron chi connectivity index (χ1n) is 9.86. The molecule has 0 saturated carbocycles. The zero-order chi connectivity index (χ0) is 22.3. The number of hydrogen-bond acceptors (Lipinski definition) is 5. The van der Waals surface area contributed by atoms with Crippen LogP contribution in [0.25, 0.3) is 22.3 Å². The van der Waals surface area contributed by atoms with Gasteiger partial charge in [-0.2, -0.15) is 5.10 Å². The van der Waals surface area contributed by atoms with Crippen molar-refractivity contribution in [3.8, 4) is 11.3 Å². The first kappa shape index (κ1) is 21.0. The Morgan fingerprint density at radius 2 is 2.00 bits per heavy atom. The number of anilines is 1. The van der Waals surface area contributed by atoms with Crippen molar-refractivity contribution in [1.29, 1.82) is 0 Å². The van der Waals surface area contributed by atoms with Crippen LogP contribution in [-0.2, 0) is 14.8 Å². The molecule has 0 spiro atoms. The van der Waals surface area contributed by atoms with E-state index in [2.05, 4.69) is 11.7 Å². The molecule has 9 heteroatoms. The highest BCUT2D eigenvalue weighted by Gasteiger charge is 2.28. The Balaban J connectivity index is 2.03. The van der Waals surface area contributed by atoms with Crippen LogP contribution in [0.4, 0.5) is 10.1 Å². The maximum atomic E-state index is 13.4. The summed E-state index contributed by atoms with van der Waals surface area (Å²) in [6, 6.07) is 7.37. The van der Waals surface area contributed by atoms with E-state index in [-0.39, 0.29) is 12.2 Å². The van der Waals surface area contributed by atoms with Crippen LogP contribution in [0.3, 0.4) is 0 Å². The molecule has 0 amide bonds. The van der Waals surface area contributed by atoms with Crippen LogP contribution in [0, 0.1) is 5.82 Å². The van der Waals surface area contributed by atoms with Crippen LogP contribution >= 0.6 is 0 Å². The summed E-state index contributed by atoms with van der Waals surface area (Å²) in [6.45, 7) is 6.33. The SMILES string of the molecule is C=C1CCCN(S(C)(=O)=O)c2cn3nc(-c4ccc(F)cc4)c(C(=O)OCC)c3cc21.